The van der Waals surface area contributed by atoms with E-state index in [4.69, 9.17) is 10.5 Å². The van der Waals surface area contributed by atoms with Crippen LogP contribution in [0.5, 0.6) is 0 Å². The third kappa shape index (κ3) is 5.59. The molecular weight excluding hydrogens is 264 g/mol. The second-order valence-electron chi connectivity index (χ2n) is 4.69. The first-order valence-corrected chi connectivity index (χ1v) is 6.15. The number of hydrogen-bond acceptors (Lipinski definition) is 3. The Balaban J connectivity index is 0.00000324. The quantitative estimate of drug-likeness (QED) is 0.839. The van der Waals surface area contributed by atoms with Crippen molar-refractivity contribution < 1.29 is 9.53 Å². The van der Waals surface area contributed by atoms with Crippen molar-refractivity contribution in [2.75, 3.05) is 7.11 Å². The molecule has 108 valence electrons. The van der Waals surface area contributed by atoms with E-state index in [1.54, 1.807) is 7.11 Å². The molecule has 0 fully saturated rings. The van der Waals surface area contributed by atoms with Gasteiger partial charge in [-0.15, -0.1) is 12.4 Å². The van der Waals surface area contributed by atoms with E-state index in [0.29, 0.717) is 13.2 Å². The molecular formula is C14H23ClN2O2. The lowest BCUT2D eigenvalue weighted by Crippen LogP contribution is -2.43. The largest absolute Gasteiger partial charge is 0.380 e. The molecule has 1 amide bonds. The van der Waals surface area contributed by atoms with E-state index in [1.165, 1.54) is 0 Å². The number of nitrogens with two attached hydrogens (primary N) is 1. The number of hydrogen-bond donors (Lipinski definition) is 2. The molecule has 0 saturated carbocycles. The zero-order valence-corrected chi connectivity index (χ0v) is 12.5. The summed E-state index contributed by atoms with van der Waals surface area (Å²) in [5.74, 6) is 0.0245. The summed E-state index contributed by atoms with van der Waals surface area (Å²) in [5.41, 5.74) is 7.92. The van der Waals surface area contributed by atoms with Crippen molar-refractivity contribution in [3.05, 3.63) is 35.4 Å². The first kappa shape index (κ1) is 17.9. The molecule has 19 heavy (non-hydrogen) atoms. The SMILES string of the molecule is COCc1ccccc1CNC(=O)[C@H](N)C(C)C.Cl. The molecule has 0 heterocycles. The Morgan fingerprint density at radius 3 is 2.42 bits per heavy atom. The number of halogens is 1. The normalized spacial score (nSPS) is 11.8. The van der Waals surface area contributed by atoms with Gasteiger partial charge in [-0.3, -0.25) is 4.79 Å². The lowest BCUT2D eigenvalue weighted by Gasteiger charge is -2.16. The number of rotatable bonds is 6. The third-order valence-corrected chi connectivity index (χ3v) is 2.89. The second-order valence-corrected chi connectivity index (χ2v) is 4.69. The van der Waals surface area contributed by atoms with Crippen molar-refractivity contribution in [1.82, 2.24) is 5.32 Å². The predicted molar refractivity (Wildman–Crippen MR) is 79.1 cm³/mol. The van der Waals surface area contributed by atoms with E-state index in [2.05, 4.69) is 5.32 Å². The maximum atomic E-state index is 11.8. The fourth-order valence-electron chi connectivity index (χ4n) is 1.63. The smallest absolute Gasteiger partial charge is 0.237 e. The fraction of sp³-hybridized carbons (Fsp3) is 0.500. The van der Waals surface area contributed by atoms with Crippen LogP contribution in [0.2, 0.25) is 0 Å². The van der Waals surface area contributed by atoms with Crippen LogP contribution < -0.4 is 11.1 Å². The molecule has 1 atom stereocenters. The first-order valence-electron chi connectivity index (χ1n) is 6.15. The third-order valence-electron chi connectivity index (χ3n) is 2.89. The molecule has 0 bridgehead atoms. The van der Waals surface area contributed by atoms with Crippen molar-refractivity contribution in [3.63, 3.8) is 0 Å². The van der Waals surface area contributed by atoms with Crippen molar-refractivity contribution in [2.24, 2.45) is 11.7 Å². The number of methoxy groups -OCH3 is 1. The Hall–Kier alpha value is -1.10. The Morgan fingerprint density at radius 2 is 1.89 bits per heavy atom. The zero-order chi connectivity index (χ0) is 13.5. The van der Waals surface area contributed by atoms with Gasteiger partial charge in [0.15, 0.2) is 0 Å². The average molecular weight is 287 g/mol. The maximum Gasteiger partial charge on any atom is 0.237 e. The lowest BCUT2D eigenvalue weighted by molar-refractivity contribution is -0.123. The topological polar surface area (TPSA) is 64.3 Å². The van der Waals surface area contributed by atoms with E-state index < -0.39 is 6.04 Å². The minimum absolute atomic E-state index is 0. The molecule has 0 aliphatic rings. The number of carbonyl (C=O) groups is 1. The van der Waals surface area contributed by atoms with E-state index in [-0.39, 0.29) is 24.2 Å². The van der Waals surface area contributed by atoms with Crippen LogP contribution in [0.25, 0.3) is 0 Å². The molecule has 1 rings (SSSR count). The van der Waals surface area contributed by atoms with E-state index in [9.17, 15) is 4.79 Å². The zero-order valence-electron chi connectivity index (χ0n) is 11.7. The maximum absolute atomic E-state index is 11.8. The Morgan fingerprint density at radius 1 is 1.32 bits per heavy atom. The minimum Gasteiger partial charge on any atom is -0.380 e. The summed E-state index contributed by atoms with van der Waals surface area (Å²) in [5, 5.41) is 2.86. The van der Waals surface area contributed by atoms with Crippen molar-refractivity contribution in [1.29, 1.82) is 0 Å². The van der Waals surface area contributed by atoms with Crippen LogP contribution in [-0.2, 0) is 22.7 Å². The van der Waals surface area contributed by atoms with Gasteiger partial charge in [-0.1, -0.05) is 38.1 Å². The molecule has 0 aliphatic carbocycles. The summed E-state index contributed by atoms with van der Waals surface area (Å²) in [6.45, 7) is 4.90. The summed E-state index contributed by atoms with van der Waals surface area (Å²) in [6, 6.07) is 7.42. The van der Waals surface area contributed by atoms with Crippen molar-refractivity contribution >= 4 is 18.3 Å². The summed E-state index contributed by atoms with van der Waals surface area (Å²) >= 11 is 0. The standard InChI is InChI=1S/C14H22N2O2.ClH/c1-10(2)13(15)14(17)16-8-11-6-4-5-7-12(11)9-18-3;/h4-7,10,13H,8-9,15H2,1-3H3,(H,16,17);1H/t13-;/m1./s1. The number of benzene rings is 1. The molecule has 0 aromatic heterocycles. The summed E-state index contributed by atoms with van der Waals surface area (Å²) in [4.78, 5) is 11.8. The van der Waals surface area contributed by atoms with E-state index in [1.807, 2.05) is 38.1 Å². The highest BCUT2D eigenvalue weighted by atomic mass is 35.5. The molecule has 3 N–H and O–H groups in total. The molecule has 4 nitrogen and oxygen atoms in total. The molecule has 1 aromatic carbocycles. The van der Waals surface area contributed by atoms with Crippen LogP contribution >= 0.6 is 12.4 Å². The molecule has 0 unspecified atom stereocenters. The fourth-order valence-corrected chi connectivity index (χ4v) is 1.63. The molecule has 1 aromatic rings. The van der Waals surface area contributed by atoms with Gasteiger partial charge in [0.1, 0.15) is 0 Å². The van der Waals surface area contributed by atoms with Crippen LogP contribution in [-0.4, -0.2) is 19.1 Å². The van der Waals surface area contributed by atoms with Gasteiger partial charge in [0, 0.05) is 13.7 Å². The van der Waals surface area contributed by atoms with Crippen LogP contribution in [0, 0.1) is 5.92 Å². The van der Waals surface area contributed by atoms with Gasteiger partial charge in [-0.25, -0.2) is 0 Å². The number of amides is 1. The van der Waals surface area contributed by atoms with Gasteiger partial charge < -0.3 is 15.8 Å². The van der Waals surface area contributed by atoms with Crippen LogP contribution in [0.15, 0.2) is 24.3 Å². The highest BCUT2D eigenvalue weighted by Gasteiger charge is 2.16. The predicted octanol–water partition coefficient (Wildman–Crippen LogP) is 1.85. The van der Waals surface area contributed by atoms with Crippen LogP contribution in [0.4, 0.5) is 0 Å². The number of ether oxygens (including phenoxy) is 1. The van der Waals surface area contributed by atoms with Gasteiger partial charge in [-0.2, -0.15) is 0 Å². The van der Waals surface area contributed by atoms with E-state index >= 15 is 0 Å². The van der Waals surface area contributed by atoms with Gasteiger partial charge in [0.25, 0.3) is 0 Å². The highest BCUT2D eigenvalue weighted by Crippen LogP contribution is 2.09. The summed E-state index contributed by atoms with van der Waals surface area (Å²) in [7, 11) is 1.66. The minimum atomic E-state index is -0.459. The molecule has 0 saturated heterocycles. The molecule has 0 spiro atoms. The van der Waals surface area contributed by atoms with E-state index in [0.717, 1.165) is 11.1 Å². The Bertz CT molecular complexity index is 397. The van der Waals surface area contributed by atoms with Crippen molar-refractivity contribution in [3.8, 4) is 0 Å². The highest BCUT2D eigenvalue weighted by molar-refractivity contribution is 5.85. The van der Waals surface area contributed by atoms with Crippen molar-refractivity contribution in [2.45, 2.75) is 33.0 Å². The average Bonchev–Trinajstić information content (AvgIpc) is 2.36. The number of carbonyl (C=O) groups excluding carboxylic acids is 1. The molecule has 0 radical (unpaired) electrons. The monoisotopic (exact) mass is 286 g/mol. The Kier molecular flexibility index (Phi) is 8.39. The lowest BCUT2D eigenvalue weighted by atomic mass is 10.0. The second kappa shape index (κ2) is 8.91. The van der Waals surface area contributed by atoms with Gasteiger partial charge >= 0.3 is 0 Å². The van der Waals surface area contributed by atoms with Crippen LogP contribution in [0.1, 0.15) is 25.0 Å². The van der Waals surface area contributed by atoms with Gasteiger partial charge in [0.2, 0.25) is 5.91 Å². The van der Waals surface area contributed by atoms with Gasteiger partial charge in [0.05, 0.1) is 12.6 Å². The first-order chi connectivity index (χ1) is 8.56. The summed E-state index contributed by atoms with van der Waals surface area (Å²) in [6.07, 6.45) is 0. The van der Waals surface area contributed by atoms with Gasteiger partial charge in [-0.05, 0) is 17.0 Å². The molecule has 5 heteroatoms. The Labute approximate surface area is 121 Å². The molecule has 0 aliphatic heterocycles. The number of nitrogens with one attached hydrogen (secondary N) is 1. The van der Waals surface area contributed by atoms with Crippen LogP contribution in [0.3, 0.4) is 0 Å². The summed E-state index contributed by atoms with van der Waals surface area (Å²) < 4.78 is 5.12.